The molecular formula is C40H85IZn. The summed E-state index contributed by atoms with van der Waals surface area (Å²) in [7, 11) is 0. The van der Waals surface area contributed by atoms with E-state index in [-0.39, 0.29) is 0 Å². The Morgan fingerprint density at radius 3 is 0.690 bits per heavy atom. The third-order valence-electron chi connectivity index (χ3n) is 7.29. The van der Waals surface area contributed by atoms with Crippen molar-refractivity contribution in [3.8, 4) is 0 Å². The van der Waals surface area contributed by atoms with Gasteiger partial charge in [-0.3, -0.25) is 0 Å². The third-order valence-corrected chi connectivity index (χ3v) is 7.29. The zero-order valence-corrected chi connectivity index (χ0v) is 38.5. The second-order valence-corrected chi connectivity index (χ2v) is 15.8. The Hall–Kier alpha value is 0.833. The summed E-state index contributed by atoms with van der Waals surface area (Å²) in [6.45, 7) is 56.3. The summed E-state index contributed by atoms with van der Waals surface area (Å²) in [4.78, 5) is 0. The van der Waals surface area contributed by atoms with E-state index in [1.165, 1.54) is 51.6 Å². The Morgan fingerprint density at radius 2 is 0.643 bits per heavy atom. The Balaban J connectivity index is -0.0000000966. The van der Waals surface area contributed by atoms with E-state index in [1.54, 1.807) is 0 Å². The van der Waals surface area contributed by atoms with Crippen LogP contribution in [0.3, 0.4) is 0 Å². The standard InChI is InChI=1S/2C9H20.2C9H18.C4H9.HI.Zn/c4*1-7(2)6-9(5)8(3)4;1-4(2)3;;/h2*7-9H,6H2,1-5H3;2*7,9H,3,6H2,1-2,4-5H3;4H,1H2,2-3H3;1H;/q;;;;-1;;+2/p-1/t4*9-;;;/m1010.../s1. The fourth-order valence-electron chi connectivity index (χ4n) is 3.85. The Bertz CT molecular complexity index is 493. The SMILES string of the molecule is C=C(C)[C@@H](C)CC(C)C.C=C(C)[C@H](C)CC(C)C.CC(C)C[C@@H](C)C(C)C.CC(C)C[C@H](C)C(C)C.[CH2-]C(C)C.[Zn+][I]. The van der Waals surface area contributed by atoms with Gasteiger partial charge in [0, 0.05) is 0 Å². The fourth-order valence-corrected chi connectivity index (χ4v) is 3.85. The van der Waals surface area contributed by atoms with Gasteiger partial charge in [-0.05, 0) is 98.7 Å². The molecule has 0 amide bonds. The summed E-state index contributed by atoms with van der Waals surface area (Å²) in [5.74, 6) is 8.81. The molecule has 0 aliphatic rings. The average Bonchev–Trinajstić information content (AvgIpc) is 2.79. The van der Waals surface area contributed by atoms with Crippen molar-refractivity contribution in [3.63, 3.8) is 0 Å². The monoisotopic (exact) mass is 756 g/mol. The molecule has 0 aromatic carbocycles. The molecule has 0 N–H and O–H groups in total. The minimum absolute atomic E-state index is 0.583. The molecular weight excluding hydrogens is 673 g/mol. The predicted molar refractivity (Wildman–Crippen MR) is 208 cm³/mol. The average molecular weight is 758 g/mol. The summed E-state index contributed by atoms with van der Waals surface area (Å²) >= 11 is 3.62. The molecule has 42 heavy (non-hydrogen) atoms. The number of halogens is 1. The maximum absolute atomic E-state index is 3.91. The van der Waals surface area contributed by atoms with Crippen molar-refractivity contribution < 1.29 is 14.8 Å². The number of hydrogen-bond donors (Lipinski definition) is 0. The van der Waals surface area contributed by atoms with Gasteiger partial charge in [0.25, 0.3) is 0 Å². The molecule has 0 fully saturated rings. The van der Waals surface area contributed by atoms with E-state index in [2.05, 4.69) is 178 Å². The zero-order chi connectivity index (χ0) is 35.3. The van der Waals surface area contributed by atoms with Crippen LogP contribution in [0.15, 0.2) is 24.3 Å². The van der Waals surface area contributed by atoms with Crippen LogP contribution in [0.4, 0.5) is 0 Å². The third kappa shape index (κ3) is 60.1. The second kappa shape index (κ2) is 36.3. The molecule has 0 nitrogen and oxygen atoms in total. The minimum atomic E-state index is 0.583. The first-order chi connectivity index (χ1) is 18.9. The molecule has 254 valence electrons. The van der Waals surface area contributed by atoms with Crippen molar-refractivity contribution in [2.24, 2.45) is 65.1 Å². The van der Waals surface area contributed by atoms with Crippen molar-refractivity contribution in [2.45, 2.75) is 164 Å². The first-order valence-corrected chi connectivity index (χ1v) is 26.3. The Morgan fingerprint density at radius 1 is 0.476 bits per heavy atom. The molecule has 4 atom stereocenters. The molecule has 2 heteroatoms. The van der Waals surface area contributed by atoms with Gasteiger partial charge in [0.1, 0.15) is 0 Å². The van der Waals surface area contributed by atoms with Gasteiger partial charge in [0.05, 0.1) is 0 Å². The van der Waals surface area contributed by atoms with Crippen LogP contribution in [0.25, 0.3) is 0 Å². The van der Waals surface area contributed by atoms with Crippen LogP contribution in [0, 0.1) is 72.0 Å². The van der Waals surface area contributed by atoms with Gasteiger partial charge in [-0.25, -0.2) is 0 Å². The predicted octanol–water partition coefficient (Wildman–Crippen LogP) is 15.5. The quantitative estimate of drug-likeness (QED) is 0.0805. The summed E-state index contributed by atoms with van der Waals surface area (Å²) in [6.07, 6.45) is 5.29. The summed E-state index contributed by atoms with van der Waals surface area (Å²) < 4.78 is 0. The van der Waals surface area contributed by atoms with Gasteiger partial charge in [0.15, 0.2) is 0 Å². The first-order valence-electron chi connectivity index (χ1n) is 17.3. The number of allylic oxidation sites excluding steroid dienone is 2. The number of hydrogen-bond acceptors (Lipinski definition) is 0. The van der Waals surface area contributed by atoms with E-state index in [1.807, 2.05) is 0 Å². The van der Waals surface area contributed by atoms with Crippen LogP contribution in [0.2, 0.25) is 0 Å². The van der Waals surface area contributed by atoms with Crippen molar-refractivity contribution >= 4 is 19.8 Å². The van der Waals surface area contributed by atoms with Crippen molar-refractivity contribution in [3.05, 3.63) is 31.2 Å². The molecule has 0 spiro atoms. The molecule has 0 saturated heterocycles. The van der Waals surface area contributed by atoms with Gasteiger partial charge in [-0.2, -0.15) is 5.92 Å². The molecule has 0 saturated carbocycles. The Labute approximate surface area is 293 Å². The van der Waals surface area contributed by atoms with E-state index >= 15 is 0 Å². The van der Waals surface area contributed by atoms with E-state index in [0.29, 0.717) is 17.8 Å². The molecule has 0 radical (unpaired) electrons. The topological polar surface area (TPSA) is 0 Å². The van der Waals surface area contributed by atoms with Gasteiger partial charge in [-0.15, -0.1) is 0 Å². The van der Waals surface area contributed by atoms with Gasteiger partial charge in [-0.1, -0.05) is 149 Å². The molecule has 0 rings (SSSR count). The number of rotatable bonds is 12. The molecule has 0 aromatic rings. The van der Waals surface area contributed by atoms with Crippen molar-refractivity contribution in [2.75, 3.05) is 0 Å². The van der Waals surface area contributed by atoms with Gasteiger partial charge >= 0.3 is 34.5 Å². The molecule has 0 bridgehead atoms. The Kier molecular flexibility index (Phi) is 47.8. The summed E-state index contributed by atoms with van der Waals surface area (Å²) in [6, 6.07) is 0. The molecule has 0 aliphatic carbocycles. The summed E-state index contributed by atoms with van der Waals surface area (Å²) in [5.41, 5.74) is 2.62. The van der Waals surface area contributed by atoms with Gasteiger partial charge in [0.2, 0.25) is 0 Å². The molecule has 0 aliphatic heterocycles. The van der Waals surface area contributed by atoms with E-state index in [0.717, 1.165) is 47.3 Å². The maximum atomic E-state index is 3.91. The fraction of sp³-hybridized carbons (Fsp3) is 0.875. The van der Waals surface area contributed by atoms with Crippen LogP contribution in [0.1, 0.15) is 164 Å². The van der Waals surface area contributed by atoms with Crippen LogP contribution in [-0.2, 0) is 14.8 Å². The molecule has 0 aromatic heterocycles. The van der Waals surface area contributed by atoms with Crippen molar-refractivity contribution in [1.82, 2.24) is 0 Å². The van der Waals surface area contributed by atoms with Crippen LogP contribution in [-0.4, -0.2) is 0 Å². The van der Waals surface area contributed by atoms with E-state index in [9.17, 15) is 0 Å². The first kappa shape index (κ1) is 55.3. The van der Waals surface area contributed by atoms with Crippen molar-refractivity contribution in [1.29, 1.82) is 0 Å². The van der Waals surface area contributed by atoms with Crippen LogP contribution >= 0.6 is 19.8 Å². The van der Waals surface area contributed by atoms with E-state index in [4.69, 9.17) is 0 Å². The molecule has 0 unspecified atom stereocenters. The second-order valence-electron chi connectivity index (χ2n) is 15.8. The normalized spacial score (nSPS) is 13.4. The van der Waals surface area contributed by atoms with E-state index < -0.39 is 0 Å². The van der Waals surface area contributed by atoms with Crippen LogP contribution < -0.4 is 0 Å². The van der Waals surface area contributed by atoms with Gasteiger partial charge < -0.3 is 6.92 Å². The molecule has 0 heterocycles. The zero-order valence-electron chi connectivity index (χ0n) is 33.4. The summed E-state index contributed by atoms with van der Waals surface area (Å²) in [5, 5.41) is 0. The van der Waals surface area contributed by atoms with Crippen LogP contribution in [0.5, 0.6) is 0 Å².